The number of ketones is 2. The van der Waals surface area contributed by atoms with Crippen LogP contribution in [0.1, 0.15) is 49.3 Å². The minimum Gasteiger partial charge on any atom is -0.448 e. The molecule has 0 bridgehead atoms. The Hall–Kier alpha value is -4.00. The number of benzene rings is 2. The first kappa shape index (κ1) is 18.4. The van der Waals surface area contributed by atoms with E-state index in [1.165, 1.54) is 31.2 Å². The molecule has 0 saturated heterocycles. The molecule has 0 saturated carbocycles. The van der Waals surface area contributed by atoms with Crippen LogP contribution in [0.25, 0.3) is 0 Å². The normalized spacial score (nSPS) is 13.3. The fraction of sp³-hybridized carbons (Fsp3) is 0.0909. The van der Waals surface area contributed by atoms with E-state index < -0.39 is 18.0 Å². The van der Waals surface area contributed by atoms with E-state index in [9.17, 15) is 19.2 Å². The van der Waals surface area contributed by atoms with Gasteiger partial charge in [0, 0.05) is 34.1 Å². The summed E-state index contributed by atoms with van der Waals surface area (Å²) in [6.07, 6.45) is 0.519. The zero-order valence-electron chi connectivity index (χ0n) is 15.4. The van der Waals surface area contributed by atoms with Gasteiger partial charge in [-0.25, -0.2) is 4.79 Å². The Labute approximate surface area is 165 Å². The van der Waals surface area contributed by atoms with Crippen LogP contribution < -0.4 is 5.32 Å². The number of carbonyl (C=O) groups excluding carboxylic acids is 4. The number of H-pyrrole nitrogens is 1. The highest BCUT2D eigenvalue weighted by Gasteiger charge is 2.29. The Balaban J connectivity index is 1.52. The highest BCUT2D eigenvalue weighted by molar-refractivity contribution is 6.28. The minimum atomic E-state index is -1.06. The van der Waals surface area contributed by atoms with E-state index in [0.29, 0.717) is 16.8 Å². The average molecular weight is 388 g/mol. The first-order chi connectivity index (χ1) is 14.0. The number of carbonyl (C=O) groups is 4. The van der Waals surface area contributed by atoms with Gasteiger partial charge in [-0.05, 0) is 37.3 Å². The van der Waals surface area contributed by atoms with Gasteiger partial charge in [-0.15, -0.1) is 0 Å². The summed E-state index contributed by atoms with van der Waals surface area (Å²) >= 11 is 0. The van der Waals surface area contributed by atoms with Crippen LogP contribution in [0.4, 0.5) is 5.69 Å². The quantitative estimate of drug-likeness (QED) is 0.523. The van der Waals surface area contributed by atoms with Crippen LogP contribution in [0.5, 0.6) is 0 Å². The molecule has 1 aromatic heterocycles. The Morgan fingerprint density at radius 3 is 2.21 bits per heavy atom. The van der Waals surface area contributed by atoms with E-state index in [1.807, 2.05) is 0 Å². The van der Waals surface area contributed by atoms with Crippen LogP contribution in [-0.4, -0.2) is 34.5 Å². The fourth-order valence-corrected chi connectivity index (χ4v) is 3.16. The highest BCUT2D eigenvalue weighted by atomic mass is 16.5. The lowest BCUT2D eigenvalue weighted by atomic mass is 9.84. The Bertz CT molecular complexity index is 1150. The lowest BCUT2D eigenvalue weighted by molar-refractivity contribution is -0.123. The summed E-state index contributed by atoms with van der Waals surface area (Å²) in [7, 11) is 0. The summed E-state index contributed by atoms with van der Waals surface area (Å²) in [5, 5.41) is 2.61. The van der Waals surface area contributed by atoms with Gasteiger partial charge in [-0.1, -0.05) is 24.3 Å². The molecule has 3 aromatic rings. The van der Waals surface area contributed by atoms with Crippen molar-refractivity contribution in [3.05, 3.63) is 88.7 Å². The van der Waals surface area contributed by atoms with Crippen molar-refractivity contribution in [3.8, 4) is 0 Å². The van der Waals surface area contributed by atoms with Crippen molar-refractivity contribution >= 4 is 29.1 Å². The number of aromatic nitrogens is 1. The molecule has 2 N–H and O–H groups in total. The van der Waals surface area contributed by atoms with Crippen molar-refractivity contribution in [2.45, 2.75) is 13.0 Å². The molecule has 1 amide bonds. The zero-order chi connectivity index (χ0) is 20.5. The molecule has 1 heterocycles. The van der Waals surface area contributed by atoms with Crippen molar-refractivity contribution < 1.29 is 23.9 Å². The van der Waals surface area contributed by atoms with Gasteiger partial charge in [-0.2, -0.15) is 0 Å². The maximum atomic E-state index is 12.8. The third kappa shape index (κ3) is 3.34. The van der Waals surface area contributed by atoms with Gasteiger partial charge in [0.05, 0.1) is 0 Å². The van der Waals surface area contributed by atoms with E-state index >= 15 is 0 Å². The topological polar surface area (TPSA) is 105 Å². The molecule has 29 heavy (non-hydrogen) atoms. The number of anilines is 1. The van der Waals surface area contributed by atoms with Crippen molar-refractivity contribution in [1.29, 1.82) is 0 Å². The van der Waals surface area contributed by atoms with Gasteiger partial charge < -0.3 is 15.0 Å². The van der Waals surface area contributed by atoms with Gasteiger partial charge in [0.1, 0.15) is 5.69 Å². The standard InChI is InChI=1S/C22H16N2O5/c1-12(29-22(28)18-7-4-10-23-18)21(27)24-13-8-9-16-17(11-13)20(26)15-6-3-2-5-14(15)19(16)25/h2-12,23H,1H3,(H,24,27)/t12-/m0/s1. The number of hydrogen-bond acceptors (Lipinski definition) is 5. The van der Waals surface area contributed by atoms with Gasteiger partial charge in [0.2, 0.25) is 0 Å². The van der Waals surface area contributed by atoms with Crippen LogP contribution in [0.3, 0.4) is 0 Å². The van der Waals surface area contributed by atoms with Gasteiger partial charge >= 0.3 is 5.97 Å². The molecule has 1 aliphatic carbocycles. The molecule has 1 aliphatic rings. The summed E-state index contributed by atoms with van der Waals surface area (Å²) < 4.78 is 5.12. The Morgan fingerprint density at radius 1 is 0.897 bits per heavy atom. The number of hydrogen-bond donors (Lipinski definition) is 2. The summed E-state index contributed by atoms with van der Waals surface area (Å²) in [6.45, 7) is 1.44. The summed E-state index contributed by atoms with van der Waals surface area (Å²) in [5.74, 6) is -1.72. The van der Waals surface area contributed by atoms with Crippen molar-refractivity contribution in [3.63, 3.8) is 0 Å². The molecule has 7 nitrogen and oxygen atoms in total. The molecular formula is C22H16N2O5. The number of nitrogens with one attached hydrogen (secondary N) is 2. The molecule has 0 aliphatic heterocycles. The third-order valence-corrected chi connectivity index (χ3v) is 4.66. The number of rotatable bonds is 4. The van der Waals surface area contributed by atoms with E-state index in [-0.39, 0.29) is 28.4 Å². The first-order valence-electron chi connectivity index (χ1n) is 8.93. The molecule has 0 unspecified atom stereocenters. The zero-order valence-corrected chi connectivity index (χ0v) is 15.4. The lowest BCUT2D eigenvalue weighted by Gasteiger charge is -2.19. The predicted molar refractivity (Wildman–Crippen MR) is 104 cm³/mol. The molecular weight excluding hydrogens is 372 g/mol. The monoisotopic (exact) mass is 388 g/mol. The van der Waals surface area contributed by atoms with Crippen LogP contribution >= 0.6 is 0 Å². The third-order valence-electron chi connectivity index (χ3n) is 4.66. The number of esters is 1. The Kier molecular flexibility index (Phi) is 4.56. The second-order valence-electron chi connectivity index (χ2n) is 6.58. The molecule has 144 valence electrons. The summed E-state index contributed by atoms with van der Waals surface area (Å²) in [6, 6.07) is 14.3. The molecule has 7 heteroatoms. The van der Waals surface area contributed by atoms with Gasteiger partial charge in [-0.3, -0.25) is 14.4 Å². The number of aromatic amines is 1. The van der Waals surface area contributed by atoms with Crippen molar-refractivity contribution in [2.75, 3.05) is 5.32 Å². The van der Waals surface area contributed by atoms with Crippen LogP contribution in [0.15, 0.2) is 60.8 Å². The highest BCUT2D eigenvalue weighted by Crippen LogP contribution is 2.29. The molecule has 2 aromatic carbocycles. The number of ether oxygens (including phenoxy) is 1. The fourth-order valence-electron chi connectivity index (χ4n) is 3.16. The molecule has 0 radical (unpaired) electrons. The minimum absolute atomic E-state index is 0.225. The Morgan fingerprint density at radius 2 is 1.55 bits per heavy atom. The smallest absolute Gasteiger partial charge is 0.355 e. The predicted octanol–water partition coefficient (Wildman–Crippen LogP) is 2.97. The molecule has 0 fully saturated rings. The van der Waals surface area contributed by atoms with E-state index in [4.69, 9.17) is 4.74 Å². The van der Waals surface area contributed by atoms with E-state index in [0.717, 1.165) is 0 Å². The molecule has 4 rings (SSSR count). The van der Waals surface area contributed by atoms with Crippen molar-refractivity contribution in [1.82, 2.24) is 4.98 Å². The molecule has 0 spiro atoms. The van der Waals surface area contributed by atoms with E-state index in [2.05, 4.69) is 10.3 Å². The number of fused-ring (bicyclic) bond motifs is 2. The summed E-state index contributed by atoms with van der Waals surface area (Å²) in [5.41, 5.74) is 1.78. The van der Waals surface area contributed by atoms with E-state index in [1.54, 1.807) is 36.5 Å². The van der Waals surface area contributed by atoms with Crippen LogP contribution in [-0.2, 0) is 9.53 Å². The van der Waals surface area contributed by atoms with Crippen LogP contribution in [0, 0.1) is 0 Å². The number of amides is 1. The SMILES string of the molecule is C[C@H](OC(=O)c1ccc[nH]1)C(=O)Nc1ccc2c(c1)C(=O)c1ccccc1C2=O. The van der Waals surface area contributed by atoms with Crippen LogP contribution in [0.2, 0.25) is 0 Å². The van der Waals surface area contributed by atoms with Gasteiger partial charge in [0.25, 0.3) is 5.91 Å². The second-order valence-corrected chi connectivity index (χ2v) is 6.58. The largest absolute Gasteiger partial charge is 0.448 e. The average Bonchev–Trinajstić information content (AvgIpc) is 3.27. The maximum absolute atomic E-state index is 12.8. The summed E-state index contributed by atoms with van der Waals surface area (Å²) in [4.78, 5) is 52.4. The maximum Gasteiger partial charge on any atom is 0.355 e. The van der Waals surface area contributed by atoms with Crippen molar-refractivity contribution in [2.24, 2.45) is 0 Å². The van der Waals surface area contributed by atoms with Gasteiger partial charge in [0.15, 0.2) is 17.7 Å². The second kappa shape index (κ2) is 7.20. The molecule has 1 atom stereocenters. The lowest BCUT2D eigenvalue weighted by Crippen LogP contribution is -2.30. The first-order valence-corrected chi connectivity index (χ1v) is 8.93.